The number of sulfonamides is 1. The van der Waals surface area contributed by atoms with Crippen LogP contribution in [0.25, 0.3) is 0 Å². The summed E-state index contributed by atoms with van der Waals surface area (Å²) in [5.41, 5.74) is -0.705. The van der Waals surface area contributed by atoms with E-state index < -0.39 is 46.2 Å². The number of hydrogen-bond donors (Lipinski definition) is 1. The molecule has 0 radical (unpaired) electrons. The van der Waals surface area contributed by atoms with Crippen LogP contribution in [0.3, 0.4) is 0 Å². The van der Waals surface area contributed by atoms with Gasteiger partial charge < -0.3 is 10.2 Å². The molecule has 0 aliphatic carbocycles. The monoisotopic (exact) mass is 547 g/mol. The second-order valence-corrected chi connectivity index (χ2v) is 10.3. The molecule has 3 rings (SSSR count). The van der Waals surface area contributed by atoms with Crippen LogP contribution in [0, 0.1) is 0 Å². The maximum absolute atomic E-state index is 13.7. The van der Waals surface area contributed by atoms with Gasteiger partial charge in [0.05, 0.1) is 16.1 Å². The highest BCUT2D eigenvalue weighted by atomic mass is 32.2. The fourth-order valence-corrected chi connectivity index (χ4v) is 5.20. The summed E-state index contributed by atoms with van der Waals surface area (Å²) >= 11 is 0. The molecule has 0 saturated heterocycles. The topological polar surface area (TPSA) is 86.8 Å². The first-order chi connectivity index (χ1) is 17.9. The summed E-state index contributed by atoms with van der Waals surface area (Å²) in [6, 6.07) is 18.7. The highest BCUT2D eigenvalue weighted by Crippen LogP contribution is 2.33. The lowest BCUT2D eigenvalue weighted by Crippen LogP contribution is -2.51. The molecular formula is C27H28F3N3O4S. The zero-order chi connectivity index (χ0) is 27.9. The molecule has 0 spiro atoms. The summed E-state index contributed by atoms with van der Waals surface area (Å²) in [4.78, 5) is 27.3. The average Bonchev–Trinajstić information content (AvgIpc) is 2.90. The third kappa shape index (κ3) is 6.91. The molecule has 3 aromatic rings. The van der Waals surface area contributed by atoms with Crippen LogP contribution in [0.15, 0.2) is 89.8 Å². The number of anilines is 1. The summed E-state index contributed by atoms with van der Waals surface area (Å²) in [5, 5.41) is 2.64. The number of carbonyl (C=O) groups is 2. The molecule has 2 amide bonds. The van der Waals surface area contributed by atoms with Gasteiger partial charge in [0.25, 0.3) is 10.0 Å². The predicted molar refractivity (Wildman–Crippen MR) is 138 cm³/mol. The average molecular weight is 548 g/mol. The third-order valence-electron chi connectivity index (χ3n) is 5.79. The van der Waals surface area contributed by atoms with Gasteiger partial charge in [-0.15, -0.1) is 0 Å². The zero-order valence-corrected chi connectivity index (χ0v) is 21.7. The van der Waals surface area contributed by atoms with Gasteiger partial charge >= 0.3 is 6.18 Å². The summed E-state index contributed by atoms with van der Waals surface area (Å²) in [5.74, 6) is -1.21. The van der Waals surface area contributed by atoms with Crippen LogP contribution in [-0.2, 0) is 32.3 Å². The summed E-state index contributed by atoms with van der Waals surface area (Å²) in [6.45, 7) is 2.70. The van der Waals surface area contributed by atoms with Crippen LogP contribution in [0.4, 0.5) is 18.9 Å². The Morgan fingerprint density at radius 3 is 2.11 bits per heavy atom. The first-order valence-electron chi connectivity index (χ1n) is 11.8. The number of likely N-dealkylation sites (N-methyl/N-ethyl adjacent to an activating group) is 1. The Labute approximate surface area is 219 Å². The molecule has 0 aliphatic heterocycles. The Hall–Kier alpha value is -3.86. The highest BCUT2D eigenvalue weighted by Gasteiger charge is 2.35. The Morgan fingerprint density at radius 2 is 1.53 bits per heavy atom. The van der Waals surface area contributed by atoms with E-state index in [4.69, 9.17) is 0 Å². The molecule has 1 atom stereocenters. The lowest BCUT2D eigenvalue weighted by Gasteiger charge is -2.32. The van der Waals surface area contributed by atoms with Crippen molar-refractivity contribution in [3.8, 4) is 0 Å². The van der Waals surface area contributed by atoms with E-state index in [1.54, 1.807) is 43.3 Å². The molecule has 0 bridgehead atoms. The van der Waals surface area contributed by atoms with Gasteiger partial charge in [0, 0.05) is 13.1 Å². The Kier molecular flexibility index (Phi) is 9.16. The first-order valence-corrected chi connectivity index (χ1v) is 13.2. The fourth-order valence-electron chi connectivity index (χ4n) is 3.77. The number of halogens is 3. The molecule has 0 aliphatic rings. The van der Waals surface area contributed by atoms with Crippen LogP contribution in [0.2, 0.25) is 0 Å². The van der Waals surface area contributed by atoms with Gasteiger partial charge in [-0.05, 0) is 49.7 Å². The lowest BCUT2D eigenvalue weighted by molar-refractivity contribution is -0.139. The van der Waals surface area contributed by atoms with Gasteiger partial charge in [-0.25, -0.2) is 8.42 Å². The molecular weight excluding hydrogens is 519 g/mol. The quantitative estimate of drug-likeness (QED) is 0.406. The molecule has 0 fully saturated rings. The van der Waals surface area contributed by atoms with Crippen molar-refractivity contribution in [3.63, 3.8) is 0 Å². The van der Waals surface area contributed by atoms with E-state index in [2.05, 4.69) is 5.32 Å². The fraction of sp³-hybridized carbons (Fsp3) is 0.259. The van der Waals surface area contributed by atoms with Crippen molar-refractivity contribution in [2.75, 3.05) is 17.4 Å². The maximum atomic E-state index is 13.7. The molecule has 3 aromatic carbocycles. The smallest absolute Gasteiger partial charge is 0.355 e. The SMILES string of the molecule is CCNC(=O)[C@H](C)N(Cc1ccccc1)C(=O)CN(c1cccc(C(F)(F)F)c1)S(=O)(=O)c1ccccc1. The lowest BCUT2D eigenvalue weighted by atomic mass is 10.1. The number of nitrogens with one attached hydrogen (secondary N) is 1. The number of nitrogens with zero attached hydrogens (tertiary/aromatic N) is 2. The second kappa shape index (κ2) is 12.1. The van der Waals surface area contributed by atoms with E-state index in [9.17, 15) is 31.2 Å². The number of hydrogen-bond acceptors (Lipinski definition) is 4. The van der Waals surface area contributed by atoms with Crippen molar-refractivity contribution in [1.29, 1.82) is 0 Å². The van der Waals surface area contributed by atoms with Crippen LogP contribution < -0.4 is 9.62 Å². The minimum Gasteiger partial charge on any atom is -0.355 e. The number of benzene rings is 3. The predicted octanol–water partition coefficient (Wildman–Crippen LogP) is 4.45. The van der Waals surface area contributed by atoms with Crippen molar-refractivity contribution in [3.05, 3.63) is 96.1 Å². The molecule has 0 aromatic heterocycles. The highest BCUT2D eigenvalue weighted by molar-refractivity contribution is 7.92. The second-order valence-electron chi connectivity index (χ2n) is 8.45. The van der Waals surface area contributed by atoms with E-state index in [-0.39, 0.29) is 17.1 Å². The maximum Gasteiger partial charge on any atom is 0.416 e. The standard InChI is InChI=1S/C27H28F3N3O4S/c1-3-31-26(35)20(2)32(18-21-11-6-4-7-12-21)25(34)19-33(38(36,37)24-15-8-5-9-16-24)23-14-10-13-22(17-23)27(28,29)30/h4-17,20H,3,18-19H2,1-2H3,(H,31,35)/t20-/m0/s1. The van der Waals surface area contributed by atoms with E-state index in [1.807, 2.05) is 0 Å². The van der Waals surface area contributed by atoms with Gasteiger partial charge in [0.2, 0.25) is 11.8 Å². The van der Waals surface area contributed by atoms with E-state index in [0.717, 1.165) is 12.1 Å². The molecule has 0 unspecified atom stereocenters. The molecule has 11 heteroatoms. The van der Waals surface area contributed by atoms with E-state index >= 15 is 0 Å². The number of alkyl halides is 3. The van der Waals surface area contributed by atoms with Crippen LogP contribution in [0.1, 0.15) is 25.0 Å². The molecule has 202 valence electrons. The Morgan fingerprint density at radius 1 is 0.921 bits per heavy atom. The van der Waals surface area contributed by atoms with E-state index in [1.165, 1.54) is 42.2 Å². The minimum absolute atomic E-state index is 0.0141. The minimum atomic E-state index is -4.73. The van der Waals surface area contributed by atoms with Gasteiger partial charge in [0.1, 0.15) is 12.6 Å². The molecule has 0 saturated carbocycles. The van der Waals surface area contributed by atoms with Crippen molar-refractivity contribution < 1.29 is 31.2 Å². The van der Waals surface area contributed by atoms with Crippen molar-refractivity contribution in [2.45, 2.75) is 37.5 Å². The van der Waals surface area contributed by atoms with Gasteiger partial charge in [-0.3, -0.25) is 13.9 Å². The van der Waals surface area contributed by atoms with Gasteiger partial charge in [-0.1, -0.05) is 54.6 Å². The normalized spacial score (nSPS) is 12.4. The van der Waals surface area contributed by atoms with Crippen molar-refractivity contribution in [2.24, 2.45) is 0 Å². The van der Waals surface area contributed by atoms with Crippen LogP contribution in [-0.4, -0.2) is 44.3 Å². The van der Waals surface area contributed by atoms with Crippen molar-refractivity contribution in [1.82, 2.24) is 10.2 Å². The zero-order valence-electron chi connectivity index (χ0n) is 20.9. The summed E-state index contributed by atoms with van der Waals surface area (Å²) in [6.07, 6.45) is -4.73. The summed E-state index contributed by atoms with van der Waals surface area (Å²) in [7, 11) is -4.46. The number of rotatable bonds is 10. The summed E-state index contributed by atoms with van der Waals surface area (Å²) < 4.78 is 68.3. The van der Waals surface area contributed by atoms with Crippen molar-refractivity contribution >= 4 is 27.5 Å². The first kappa shape index (κ1) is 28.7. The molecule has 1 N–H and O–H groups in total. The van der Waals surface area contributed by atoms with Gasteiger partial charge in [0.15, 0.2) is 0 Å². The number of amides is 2. The molecule has 0 heterocycles. The van der Waals surface area contributed by atoms with Crippen LogP contribution in [0.5, 0.6) is 0 Å². The van der Waals surface area contributed by atoms with E-state index in [0.29, 0.717) is 22.5 Å². The number of carbonyl (C=O) groups excluding carboxylic acids is 2. The third-order valence-corrected chi connectivity index (χ3v) is 7.57. The van der Waals surface area contributed by atoms with Gasteiger partial charge in [-0.2, -0.15) is 13.2 Å². The Bertz CT molecular complexity index is 1350. The Balaban J connectivity index is 2.07. The molecule has 38 heavy (non-hydrogen) atoms. The van der Waals surface area contributed by atoms with Crippen LogP contribution >= 0.6 is 0 Å². The largest absolute Gasteiger partial charge is 0.416 e. The molecule has 7 nitrogen and oxygen atoms in total.